The molecule has 2 rings (SSSR count). The Kier molecular flexibility index (Phi) is 5.84. The van der Waals surface area contributed by atoms with Crippen LogP contribution >= 0.6 is 0 Å². The van der Waals surface area contributed by atoms with Gasteiger partial charge in [-0.25, -0.2) is 0 Å². The molecule has 0 aliphatic rings. The summed E-state index contributed by atoms with van der Waals surface area (Å²) in [7, 11) is 1.64. The smallest absolute Gasteiger partial charge is 0.311 e. The number of aldehydes is 1. The number of nitro groups is 1. The Hall–Kier alpha value is -3.22. The first-order valence-corrected chi connectivity index (χ1v) is 7.57. The third kappa shape index (κ3) is 4.63. The van der Waals surface area contributed by atoms with Gasteiger partial charge in [-0.15, -0.1) is 0 Å². The molecule has 0 bridgehead atoms. The van der Waals surface area contributed by atoms with E-state index in [-0.39, 0.29) is 29.5 Å². The highest BCUT2D eigenvalue weighted by Crippen LogP contribution is 2.27. The third-order valence-corrected chi connectivity index (χ3v) is 3.76. The maximum absolute atomic E-state index is 12.2. The highest BCUT2D eigenvalue weighted by molar-refractivity contribution is 5.79. The van der Waals surface area contributed by atoms with Crippen LogP contribution in [0.25, 0.3) is 0 Å². The number of carbonyl (C=O) groups excluding carboxylic acids is 2. The normalized spacial score (nSPS) is 10.2. The number of carbonyl (C=O) groups is 2. The number of benzene rings is 2. The van der Waals surface area contributed by atoms with Gasteiger partial charge in [-0.2, -0.15) is 0 Å². The zero-order chi connectivity index (χ0) is 18.4. The van der Waals surface area contributed by atoms with Gasteiger partial charge in [0.05, 0.1) is 4.92 Å². The number of ether oxygens (including phenoxy) is 1. The molecule has 0 radical (unpaired) electrons. The molecule has 7 nitrogen and oxygen atoms in total. The molecular weight excluding hydrogens is 324 g/mol. The van der Waals surface area contributed by atoms with Crippen molar-refractivity contribution in [3.63, 3.8) is 0 Å². The van der Waals surface area contributed by atoms with Crippen LogP contribution < -0.4 is 4.74 Å². The number of hydrogen-bond donors (Lipinski definition) is 0. The second-order valence-electron chi connectivity index (χ2n) is 5.57. The molecule has 1 amide bonds. The van der Waals surface area contributed by atoms with Crippen LogP contribution in [0, 0.1) is 17.0 Å². The number of likely N-dealkylation sites (N-methyl/N-ethyl adjacent to an activating group) is 1. The van der Waals surface area contributed by atoms with Gasteiger partial charge in [0.2, 0.25) is 0 Å². The lowest BCUT2D eigenvalue weighted by Crippen LogP contribution is -2.31. The second-order valence-corrected chi connectivity index (χ2v) is 5.57. The van der Waals surface area contributed by atoms with Gasteiger partial charge in [-0.3, -0.25) is 19.7 Å². The van der Waals surface area contributed by atoms with E-state index in [0.717, 1.165) is 17.2 Å². The van der Waals surface area contributed by atoms with Crippen molar-refractivity contribution in [1.82, 2.24) is 4.90 Å². The standard InChI is InChI=1S/C18H18N2O5/c1-13-5-3-4-6-15(13)10-19(2)18(22)12-25-17-8-7-14(11-21)9-16(17)20(23)24/h3-9,11H,10,12H2,1-2H3. The van der Waals surface area contributed by atoms with Gasteiger partial charge in [0.25, 0.3) is 5.91 Å². The number of hydrogen-bond acceptors (Lipinski definition) is 5. The zero-order valence-electron chi connectivity index (χ0n) is 14.0. The van der Waals surface area contributed by atoms with Gasteiger partial charge >= 0.3 is 5.69 Å². The second kappa shape index (κ2) is 8.05. The Morgan fingerprint density at radius 1 is 1.28 bits per heavy atom. The Labute approximate surface area is 145 Å². The van der Waals surface area contributed by atoms with Crippen LogP contribution in [-0.4, -0.2) is 35.7 Å². The molecule has 0 unspecified atom stereocenters. The molecule has 2 aromatic rings. The highest BCUT2D eigenvalue weighted by atomic mass is 16.6. The van der Waals surface area contributed by atoms with Crippen LogP contribution in [0.3, 0.4) is 0 Å². The molecule has 0 aliphatic carbocycles. The summed E-state index contributed by atoms with van der Waals surface area (Å²) in [6.45, 7) is 2.05. The van der Waals surface area contributed by atoms with E-state index in [4.69, 9.17) is 4.74 Å². The number of rotatable bonds is 7. The molecule has 130 valence electrons. The topological polar surface area (TPSA) is 89.8 Å². The first-order valence-electron chi connectivity index (χ1n) is 7.57. The number of amides is 1. The molecule has 0 atom stereocenters. The van der Waals surface area contributed by atoms with Crippen molar-refractivity contribution in [2.24, 2.45) is 0 Å². The summed E-state index contributed by atoms with van der Waals surface area (Å²) in [6.07, 6.45) is 0.512. The van der Waals surface area contributed by atoms with Crippen molar-refractivity contribution in [2.75, 3.05) is 13.7 Å². The zero-order valence-corrected chi connectivity index (χ0v) is 14.0. The van der Waals surface area contributed by atoms with Crippen molar-refractivity contribution in [2.45, 2.75) is 13.5 Å². The third-order valence-electron chi connectivity index (χ3n) is 3.76. The van der Waals surface area contributed by atoms with Crippen molar-refractivity contribution < 1.29 is 19.2 Å². The fourth-order valence-electron chi connectivity index (χ4n) is 2.25. The Balaban J connectivity index is 2.03. The van der Waals surface area contributed by atoms with E-state index in [9.17, 15) is 19.7 Å². The van der Waals surface area contributed by atoms with E-state index in [2.05, 4.69) is 0 Å². The average Bonchev–Trinajstić information content (AvgIpc) is 2.61. The first-order chi connectivity index (χ1) is 11.9. The molecule has 0 saturated carbocycles. The quantitative estimate of drug-likeness (QED) is 0.438. The first kappa shape index (κ1) is 18.1. The summed E-state index contributed by atoms with van der Waals surface area (Å²) in [5.74, 6) is -0.356. The van der Waals surface area contributed by atoms with Crippen molar-refractivity contribution in [3.8, 4) is 5.75 Å². The molecule has 0 aromatic heterocycles. The molecule has 2 aromatic carbocycles. The summed E-state index contributed by atoms with van der Waals surface area (Å²) < 4.78 is 5.30. The lowest BCUT2D eigenvalue weighted by Gasteiger charge is -2.18. The summed E-state index contributed by atoms with van der Waals surface area (Å²) in [4.78, 5) is 34.8. The fraction of sp³-hybridized carbons (Fsp3) is 0.222. The van der Waals surface area contributed by atoms with Crippen molar-refractivity contribution >= 4 is 17.9 Å². The molecule has 0 N–H and O–H groups in total. The number of aryl methyl sites for hydroxylation is 1. The molecule has 7 heteroatoms. The summed E-state index contributed by atoms with van der Waals surface area (Å²) in [5.41, 5.74) is 1.91. The minimum absolute atomic E-state index is 0.0479. The van der Waals surface area contributed by atoms with Crippen LogP contribution in [0.5, 0.6) is 5.75 Å². The number of nitrogens with zero attached hydrogens (tertiary/aromatic N) is 2. The Bertz CT molecular complexity index is 804. The minimum Gasteiger partial charge on any atom is -0.477 e. The van der Waals surface area contributed by atoms with E-state index in [1.165, 1.54) is 17.0 Å². The molecule has 0 saturated heterocycles. The van der Waals surface area contributed by atoms with Gasteiger partial charge in [0.15, 0.2) is 12.4 Å². The molecule has 25 heavy (non-hydrogen) atoms. The Morgan fingerprint density at radius 2 is 2.00 bits per heavy atom. The lowest BCUT2D eigenvalue weighted by atomic mass is 10.1. The molecular formula is C18H18N2O5. The van der Waals surface area contributed by atoms with Crippen LogP contribution in [0.2, 0.25) is 0 Å². The van der Waals surface area contributed by atoms with E-state index >= 15 is 0 Å². The van der Waals surface area contributed by atoms with Gasteiger partial charge in [0, 0.05) is 25.2 Å². The Morgan fingerprint density at radius 3 is 2.64 bits per heavy atom. The molecule has 0 heterocycles. The van der Waals surface area contributed by atoms with Gasteiger partial charge in [-0.05, 0) is 30.2 Å². The van der Waals surface area contributed by atoms with Crippen molar-refractivity contribution in [3.05, 3.63) is 69.3 Å². The van der Waals surface area contributed by atoms with Crippen LogP contribution in [0.4, 0.5) is 5.69 Å². The van der Waals surface area contributed by atoms with E-state index in [1.807, 2.05) is 31.2 Å². The maximum atomic E-state index is 12.2. The molecule has 0 fully saturated rings. The summed E-state index contributed by atoms with van der Waals surface area (Å²) in [6, 6.07) is 11.5. The van der Waals surface area contributed by atoms with Crippen LogP contribution in [0.15, 0.2) is 42.5 Å². The van der Waals surface area contributed by atoms with Gasteiger partial charge < -0.3 is 9.64 Å². The average molecular weight is 342 g/mol. The fourth-order valence-corrected chi connectivity index (χ4v) is 2.25. The van der Waals surface area contributed by atoms with Crippen LogP contribution in [-0.2, 0) is 11.3 Å². The highest BCUT2D eigenvalue weighted by Gasteiger charge is 2.18. The van der Waals surface area contributed by atoms with E-state index in [1.54, 1.807) is 7.05 Å². The summed E-state index contributed by atoms with van der Waals surface area (Å²) >= 11 is 0. The summed E-state index contributed by atoms with van der Waals surface area (Å²) in [5, 5.41) is 11.1. The van der Waals surface area contributed by atoms with E-state index in [0.29, 0.717) is 12.8 Å². The van der Waals surface area contributed by atoms with Crippen molar-refractivity contribution in [1.29, 1.82) is 0 Å². The minimum atomic E-state index is -0.649. The predicted octanol–water partition coefficient (Wildman–Crippen LogP) is 2.75. The monoisotopic (exact) mass is 342 g/mol. The number of nitro benzene ring substituents is 1. The molecule has 0 spiro atoms. The maximum Gasteiger partial charge on any atom is 0.311 e. The van der Waals surface area contributed by atoms with Crippen LogP contribution in [0.1, 0.15) is 21.5 Å². The van der Waals surface area contributed by atoms with Gasteiger partial charge in [-0.1, -0.05) is 24.3 Å². The lowest BCUT2D eigenvalue weighted by molar-refractivity contribution is -0.385. The van der Waals surface area contributed by atoms with Gasteiger partial charge in [0.1, 0.15) is 6.29 Å². The largest absolute Gasteiger partial charge is 0.477 e. The SMILES string of the molecule is Cc1ccccc1CN(C)C(=O)COc1ccc(C=O)cc1[N+](=O)[O-]. The van der Waals surface area contributed by atoms with E-state index < -0.39 is 4.92 Å². The molecule has 0 aliphatic heterocycles. The predicted molar refractivity (Wildman–Crippen MR) is 91.6 cm³/mol.